The lowest BCUT2D eigenvalue weighted by Crippen LogP contribution is -2.40. The van der Waals surface area contributed by atoms with Gasteiger partial charge in [-0.15, -0.1) is 0 Å². The van der Waals surface area contributed by atoms with Crippen LogP contribution in [0.25, 0.3) is 10.9 Å². The molecule has 0 atom stereocenters. The number of amides is 2. The molecule has 30 heavy (non-hydrogen) atoms. The van der Waals surface area contributed by atoms with Gasteiger partial charge < -0.3 is 15.0 Å². The lowest BCUT2D eigenvalue weighted by molar-refractivity contribution is -0.117. The molecular formula is C24H27N3O3. The molecule has 1 N–H and O–H groups in total. The van der Waals surface area contributed by atoms with Gasteiger partial charge in [-0.3, -0.25) is 14.6 Å². The van der Waals surface area contributed by atoms with E-state index >= 15 is 0 Å². The van der Waals surface area contributed by atoms with Crippen molar-refractivity contribution < 1.29 is 14.3 Å². The summed E-state index contributed by atoms with van der Waals surface area (Å²) in [6.07, 6.45) is 0. The van der Waals surface area contributed by atoms with Crippen molar-refractivity contribution in [3.05, 3.63) is 70.9 Å². The maximum absolute atomic E-state index is 13.4. The fourth-order valence-electron chi connectivity index (χ4n) is 3.36. The van der Waals surface area contributed by atoms with Crippen molar-refractivity contribution in [1.29, 1.82) is 0 Å². The zero-order valence-corrected chi connectivity index (χ0v) is 17.9. The van der Waals surface area contributed by atoms with E-state index in [4.69, 9.17) is 4.74 Å². The molecule has 6 heteroatoms. The first-order chi connectivity index (χ1) is 14.4. The Morgan fingerprint density at radius 3 is 2.60 bits per heavy atom. The highest BCUT2D eigenvalue weighted by atomic mass is 16.5. The van der Waals surface area contributed by atoms with Gasteiger partial charge in [-0.2, -0.15) is 0 Å². The van der Waals surface area contributed by atoms with E-state index in [1.807, 2.05) is 63.2 Å². The molecule has 0 saturated heterocycles. The first-order valence-electron chi connectivity index (χ1n) is 9.91. The van der Waals surface area contributed by atoms with Crippen LogP contribution in [-0.2, 0) is 9.53 Å². The number of anilines is 1. The van der Waals surface area contributed by atoms with Crippen molar-refractivity contribution in [1.82, 2.24) is 9.88 Å². The lowest BCUT2D eigenvalue weighted by atomic mass is 10.1. The number of ether oxygens (including phenoxy) is 1. The van der Waals surface area contributed by atoms with Crippen molar-refractivity contribution >= 4 is 28.4 Å². The number of nitrogens with zero attached hydrogens (tertiary/aromatic N) is 2. The van der Waals surface area contributed by atoms with Crippen LogP contribution in [0.5, 0.6) is 0 Å². The summed E-state index contributed by atoms with van der Waals surface area (Å²) in [4.78, 5) is 32.2. The Morgan fingerprint density at radius 2 is 1.83 bits per heavy atom. The fraction of sp³-hybridized carbons (Fsp3) is 0.292. The Labute approximate surface area is 176 Å². The third-order valence-corrected chi connectivity index (χ3v) is 5.14. The number of carbonyl (C=O) groups is 2. The van der Waals surface area contributed by atoms with Crippen LogP contribution < -0.4 is 5.32 Å². The average molecular weight is 405 g/mol. The second kappa shape index (κ2) is 9.50. The van der Waals surface area contributed by atoms with Gasteiger partial charge in [0.25, 0.3) is 5.91 Å². The Morgan fingerprint density at radius 1 is 1.07 bits per heavy atom. The highest BCUT2D eigenvalue weighted by molar-refractivity contribution is 6.07. The highest BCUT2D eigenvalue weighted by Gasteiger charge is 2.21. The van der Waals surface area contributed by atoms with Gasteiger partial charge in [0.05, 0.1) is 17.7 Å². The molecule has 2 aromatic carbocycles. The molecule has 1 heterocycles. The van der Waals surface area contributed by atoms with Gasteiger partial charge in [-0.05, 0) is 50.1 Å². The number of benzene rings is 2. The topological polar surface area (TPSA) is 71.5 Å². The number of aryl methyl sites for hydroxylation is 2. The molecule has 0 unspecified atom stereocenters. The summed E-state index contributed by atoms with van der Waals surface area (Å²) >= 11 is 0. The second-order valence-electron chi connectivity index (χ2n) is 7.34. The number of hydrogen-bond acceptors (Lipinski definition) is 4. The normalized spacial score (nSPS) is 10.8. The molecule has 0 saturated carbocycles. The summed E-state index contributed by atoms with van der Waals surface area (Å²) in [5.41, 5.74) is 4.91. The summed E-state index contributed by atoms with van der Waals surface area (Å²) in [6.45, 7) is 6.40. The van der Waals surface area contributed by atoms with Crippen molar-refractivity contribution in [2.75, 3.05) is 32.1 Å². The number of aromatic nitrogens is 1. The molecule has 0 aliphatic rings. The minimum atomic E-state index is -0.247. The SMILES string of the molecule is COCCN(CC(=O)Nc1cccc(C)c1C)C(=O)c1cc(C)nc2ccccc12. The van der Waals surface area contributed by atoms with Gasteiger partial charge in [0.15, 0.2) is 0 Å². The minimum Gasteiger partial charge on any atom is -0.383 e. The Hall–Kier alpha value is -3.25. The number of fused-ring (bicyclic) bond motifs is 1. The lowest BCUT2D eigenvalue weighted by Gasteiger charge is -2.23. The average Bonchev–Trinajstić information content (AvgIpc) is 2.73. The monoisotopic (exact) mass is 405 g/mol. The van der Waals surface area contributed by atoms with E-state index in [9.17, 15) is 9.59 Å². The first-order valence-corrected chi connectivity index (χ1v) is 9.91. The van der Waals surface area contributed by atoms with Crippen LogP contribution in [0.2, 0.25) is 0 Å². The number of methoxy groups -OCH3 is 1. The van der Waals surface area contributed by atoms with Gasteiger partial charge >= 0.3 is 0 Å². The predicted octanol–water partition coefficient (Wildman–Crippen LogP) is 3.89. The first kappa shape index (κ1) is 21.5. The molecule has 1 aromatic heterocycles. The number of carbonyl (C=O) groups excluding carboxylic acids is 2. The van der Waals surface area contributed by atoms with E-state index in [1.54, 1.807) is 13.2 Å². The number of pyridine rings is 1. The van der Waals surface area contributed by atoms with E-state index in [1.165, 1.54) is 4.90 Å². The van der Waals surface area contributed by atoms with Gasteiger partial charge in [0.1, 0.15) is 6.54 Å². The third-order valence-electron chi connectivity index (χ3n) is 5.14. The number of nitrogens with one attached hydrogen (secondary N) is 1. The van der Waals surface area contributed by atoms with Crippen LogP contribution in [0.3, 0.4) is 0 Å². The van der Waals surface area contributed by atoms with E-state index in [0.717, 1.165) is 33.4 Å². The predicted molar refractivity (Wildman–Crippen MR) is 119 cm³/mol. The summed E-state index contributed by atoms with van der Waals surface area (Å²) in [7, 11) is 1.57. The van der Waals surface area contributed by atoms with Crippen LogP contribution in [0.15, 0.2) is 48.5 Å². The van der Waals surface area contributed by atoms with Crippen molar-refractivity contribution in [3.8, 4) is 0 Å². The summed E-state index contributed by atoms with van der Waals surface area (Å²) in [6, 6.07) is 15.1. The number of para-hydroxylation sites is 1. The van der Waals surface area contributed by atoms with E-state index in [0.29, 0.717) is 18.7 Å². The van der Waals surface area contributed by atoms with Crippen molar-refractivity contribution in [2.24, 2.45) is 0 Å². The molecule has 0 aliphatic heterocycles. The van der Waals surface area contributed by atoms with Gasteiger partial charge in [-0.1, -0.05) is 30.3 Å². The Kier molecular flexibility index (Phi) is 6.79. The molecule has 2 amide bonds. The second-order valence-corrected chi connectivity index (χ2v) is 7.34. The molecule has 156 valence electrons. The Bertz CT molecular complexity index is 1080. The molecular weight excluding hydrogens is 378 g/mol. The molecule has 6 nitrogen and oxygen atoms in total. The zero-order valence-electron chi connectivity index (χ0n) is 17.9. The van der Waals surface area contributed by atoms with Crippen LogP contribution >= 0.6 is 0 Å². The van der Waals surface area contributed by atoms with Gasteiger partial charge in [0, 0.05) is 30.4 Å². The summed E-state index contributed by atoms with van der Waals surface area (Å²) in [5.74, 6) is -0.465. The van der Waals surface area contributed by atoms with Gasteiger partial charge in [-0.25, -0.2) is 0 Å². The van der Waals surface area contributed by atoms with Gasteiger partial charge in [0.2, 0.25) is 5.91 Å². The largest absolute Gasteiger partial charge is 0.383 e. The smallest absolute Gasteiger partial charge is 0.255 e. The Balaban J connectivity index is 1.86. The van der Waals surface area contributed by atoms with Crippen molar-refractivity contribution in [3.63, 3.8) is 0 Å². The fourth-order valence-corrected chi connectivity index (χ4v) is 3.36. The standard InChI is InChI=1S/C24H27N3O3/c1-16-8-7-11-21(18(16)3)26-23(28)15-27(12-13-30-4)24(29)20-14-17(2)25-22-10-6-5-9-19(20)22/h5-11,14H,12-13,15H2,1-4H3,(H,26,28). The molecule has 3 rings (SSSR count). The number of hydrogen-bond donors (Lipinski definition) is 1. The molecule has 0 bridgehead atoms. The van der Waals surface area contributed by atoms with Crippen LogP contribution in [0, 0.1) is 20.8 Å². The third kappa shape index (κ3) is 4.83. The maximum Gasteiger partial charge on any atom is 0.255 e. The van der Waals surface area contributed by atoms with Crippen LogP contribution in [0.1, 0.15) is 27.2 Å². The maximum atomic E-state index is 13.4. The molecule has 0 fully saturated rings. The van der Waals surface area contributed by atoms with Crippen molar-refractivity contribution in [2.45, 2.75) is 20.8 Å². The molecule has 0 spiro atoms. The molecule has 0 aliphatic carbocycles. The zero-order chi connectivity index (χ0) is 21.7. The summed E-state index contributed by atoms with van der Waals surface area (Å²) < 4.78 is 5.17. The van der Waals surface area contributed by atoms with E-state index < -0.39 is 0 Å². The van der Waals surface area contributed by atoms with Crippen LogP contribution in [0.4, 0.5) is 5.69 Å². The minimum absolute atomic E-state index is 0.0642. The van der Waals surface area contributed by atoms with E-state index in [-0.39, 0.29) is 18.4 Å². The highest BCUT2D eigenvalue weighted by Crippen LogP contribution is 2.21. The molecule has 0 radical (unpaired) electrons. The van der Waals surface area contributed by atoms with Crippen LogP contribution in [-0.4, -0.2) is 48.5 Å². The quantitative estimate of drug-likeness (QED) is 0.647. The number of rotatable bonds is 7. The summed E-state index contributed by atoms with van der Waals surface area (Å²) in [5, 5.41) is 3.70. The van der Waals surface area contributed by atoms with E-state index in [2.05, 4.69) is 10.3 Å². The molecule has 3 aromatic rings.